The fourth-order valence-electron chi connectivity index (χ4n) is 3.55. The topological polar surface area (TPSA) is 66.7 Å². The van der Waals surface area contributed by atoms with Crippen LogP contribution in [0.3, 0.4) is 0 Å². The van der Waals surface area contributed by atoms with Gasteiger partial charge in [0.05, 0.1) is 11.2 Å². The van der Waals surface area contributed by atoms with Crippen LogP contribution in [0, 0.1) is 11.6 Å². The first-order chi connectivity index (χ1) is 14.0. The zero-order chi connectivity index (χ0) is 20.4. The van der Waals surface area contributed by atoms with Crippen molar-refractivity contribution >= 4 is 23.0 Å². The molecule has 2 aromatic heterocycles. The standard InChI is InChI=1S/C21H20F2N4O2/c22-14-8-9-16(15(23)13-14)24-20(28)19-25-18(17-7-3-6-12-27(17)19)21(29)26-10-4-1-2-5-11-26/h3,6-9,12-13H,1-2,4-5,10-11H2,(H,24,28). The van der Waals surface area contributed by atoms with E-state index in [-0.39, 0.29) is 23.1 Å². The van der Waals surface area contributed by atoms with E-state index < -0.39 is 17.5 Å². The summed E-state index contributed by atoms with van der Waals surface area (Å²) in [6, 6.07) is 8.07. The number of hydrogen-bond acceptors (Lipinski definition) is 3. The Morgan fingerprint density at radius 3 is 2.48 bits per heavy atom. The van der Waals surface area contributed by atoms with Crippen molar-refractivity contribution < 1.29 is 18.4 Å². The summed E-state index contributed by atoms with van der Waals surface area (Å²) in [7, 11) is 0. The molecular formula is C21H20F2N4O2. The lowest BCUT2D eigenvalue weighted by Gasteiger charge is -2.19. The maximum Gasteiger partial charge on any atom is 0.292 e. The molecule has 1 aliphatic rings. The van der Waals surface area contributed by atoms with Crippen molar-refractivity contribution in [2.45, 2.75) is 25.7 Å². The number of carbonyl (C=O) groups is 2. The smallest absolute Gasteiger partial charge is 0.292 e. The Morgan fingerprint density at radius 1 is 1.00 bits per heavy atom. The molecule has 150 valence electrons. The van der Waals surface area contributed by atoms with E-state index in [1.807, 2.05) is 0 Å². The largest absolute Gasteiger partial charge is 0.337 e. The molecule has 1 saturated heterocycles. The number of rotatable bonds is 3. The molecule has 1 aliphatic heterocycles. The Morgan fingerprint density at radius 2 is 1.76 bits per heavy atom. The summed E-state index contributed by atoms with van der Waals surface area (Å²) in [5, 5.41) is 2.40. The highest BCUT2D eigenvalue weighted by molar-refractivity contribution is 6.06. The van der Waals surface area contributed by atoms with Gasteiger partial charge in [0, 0.05) is 25.4 Å². The predicted octanol–water partition coefficient (Wildman–Crippen LogP) is 3.88. The van der Waals surface area contributed by atoms with Crippen LogP contribution in [-0.2, 0) is 0 Å². The minimum Gasteiger partial charge on any atom is -0.337 e. The van der Waals surface area contributed by atoms with Crippen molar-refractivity contribution in [1.82, 2.24) is 14.3 Å². The van der Waals surface area contributed by atoms with Crippen molar-refractivity contribution in [2.24, 2.45) is 0 Å². The van der Waals surface area contributed by atoms with Crippen LogP contribution in [0.4, 0.5) is 14.5 Å². The zero-order valence-electron chi connectivity index (χ0n) is 15.7. The van der Waals surface area contributed by atoms with E-state index >= 15 is 0 Å². The van der Waals surface area contributed by atoms with Crippen molar-refractivity contribution in [3.05, 3.63) is 65.7 Å². The number of hydrogen-bond donors (Lipinski definition) is 1. The molecule has 0 radical (unpaired) electrons. The number of likely N-dealkylation sites (tertiary alicyclic amines) is 1. The summed E-state index contributed by atoms with van der Waals surface area (Å²) in [5.41, 5.74) is 0.535. The second-order valence-electron chi connectivity index (χ2n) is 7.02. The number of aromatic nitrogens is 2. The quantitative estimate of drug-likeness (QED) is 0.728. The normalized spacial score (nSPS) is 14.6. The van der Waals surface area contributed by atoms with Crippen LogP contribution in [0.2, 0.25) is 0 Å². The van der Waals surface area contributed by atoms with E-state index in [9.17, 15) is 18.4 Å². The molecule has 2 amide bonds. The summed E-state index contributed by atoms with van der Waals surface area (Å²) < 4.78 is 28.5. The van der Waals surface area contributed by atoms with E-state index in [1.54, 1.807) is 29.3 Å². The van der Waals surface area contributed by atoms with Crippen LogP contribution < -0.4 is 5.32 Å². The monoisotopic (exact) mass is 398 g/mol. The molecule has 1 aromatic carbocycles. The van der Waals surface area contributed by atoms with Crippen LogP contribution in [0.25, 0.3) is 5.52 Å². The van der Waals surface area contributed by atoms with Crippen LogP contribution in [0.5, 0.6) is 0 Å². The average Bonchev–Trinajstić information content (AvgIpc) is 2.89. The molecule has 1 N–H and O–H groups in total. The minimum atomic E-state index is -0.889. The number of carbonyl (C=O) groups excluding carboxylic acids is 2. The Labute approximate surface area is 166 Å². The molecule has 4 rings (SSSR count). The average molecular weight is 398 g/mol. The molecule has 0 unspecified atom stereocenters. The SMILES string of the molecule is O=C(Nc1ccc(F)cc1F)c1nc(C(=O)N2CCCCCC2)c2ccccn12. The number of nitrogens with one attached hydrogen (secondary N) is 1. The molecule has 0 aliphatic carbocycles. The number of fused-ring (bicyclic) bond motifs is 1. The number of halogens is 2. The lowest BCUT2D eigenvalue weighted by Crippen LogP contribution is -2.32. The number of benzene rings is 1. The van der Waals surface area contributed by atoms with Crippen LogP contribution in [0.15, 0.2) is 42.6 Å². The summed E-state index contributed by atoms with van der Waals surface area (Å²) in [6.45, 7) is 1.32. The fraction of sp³-hybridized carbons (Fsp3) is 0.286. The van der Waals surface area contributed by atoms with Gasteiger partial charge in [-0.1, -0.05) is 18.9 Å². The van der Waals surface area contributed by atoms with Gasteiger partial charge in [0.15, 0.2) is 5.69 Å². The molecule has 6 nitrogen and oxygen atoms in total. The fourth-order valence-corrected chi connectivity index (χ4v) is 3.55. The van der Waals surface area contributed by atoms with Crippen molar-refractivity contribution in [2.75, 3.05) is 18.4 Å². The highest BCUT2D eigenvalue weighted by Gasteiger charge is 2.26. The van der Waals surface area contributed by atoms with Gasteiger partial charge in [-0.3, -0.25) is 14.0 Å². The van der Waals surface area contributed by atoms with Crippen molar-refractivity contribution in [3.8, 4) is 0 Å². The minimum absolute atomic E-state index is 0.0394. The predicted molar refractivity (Wildman–Crippen MR) is 104 cm³/mol. The summed E-state index contributed by atoms with van der Waals surface area (Å²) in [5.74, 6) is -2.58. The van der Waals surface area contributed by atoms with Crippen LogP contribution in [0.1, 0.15) is 46.8 Å². The molecular weight excluding hydrogens is 378 g/mol. The molecule has 1 fully saturated rings. The van der Waals surface area contributed by atoms with Gasteiger partial charge in [-0.25, -0.2) is 13.8 Å². The van der Waals surface area contributed by atoms with Gasteiger partial charge >= 0.3 is 0 Å². The first kappa shape index (κ1) is 19.0. The first-order valence-corrected chi connectivity index (χ1v) is 9.57. The maximum atomic E-state index is 13.9. The second kappa shape index (κ2) is 7.98. The Hall–Kier alpha value is -3.29. The van der Waals surface area contributed by atoms with E-state index in [0.717, 1.165) is 37.8 Å². The molecule has 29 heavy (non-hydrogen) atoms. The number of amides is 2. The van der Waals surface area contributed by atoms with Gasteiger partial charge in [0.1, 0.15) is 11.6 Å². The van der Waals surface area contributed by atoms with Gasteiger partial charge in [0.2, 0.25) is 5.82 Å². The Balaban J connectivity index is 1.68. The highest BCUT2D eigenvalue weighted by atomic mass is 19.1. The Kier molecular flexibility index (Phi) is 5.24. The molecule has 0 atom stereocenters. The number of nitrogens with zero attached hydrogens (tertiary/aromatic N) is 3. The summed E-state index contributed by atoms with van der Waals surface area (Å²) in [6.07, 6.45) is 5.68. The van der Waals surface area contributed by atoms with Gasteiger partial charge in [-0.05, 0) is 37.1 Å². The van der Waals surface area contributed by atoms with E-state index in [4.69, 9.17) is 0 Å². The zero-order valence-corrected chi connectivity index (χ0v) is 15.7. The molecule has 0 bridgehead atoms. The van der Waals surface area contributed by atoms with Crippen molar-refractivity contribution in [1.29, 1.82) is 0 Å². The van der Waals surface area contributed by atoms with Crippen molar-refractivity contribution in [3.63, 3.8) is 0 Å². The highest BCUT2D eigenvalue weighted by Crippen LogP contribution is 2.20. The summed E-state index contributed by atoms with van der Waals surface area (Å²) in [4.78, 5) is 31.9. The third-order valence-corrected chi connectivity index (χ3v) is 5.03. The number of imidazole rings is 1. The summed E-state index contributed by atoms with van der Waals surface area (Å²) >= 11 is 0. The molecule has 8 heteroatoms. The third kappa shape index (κ3) is 3.83. The number of pyridine rings is 1. The van der Waals surface area contributed by atoms with E-state index in [0.29, 0.717) is 24.7 Å². The third-order valence-electron chi connectivity index (χ3n) is 5.03. The molecule has 3 aromatic rings. The number of anilines is 1. The van der Waals surface area contributed by atoms with Gasteiger partial charge in [0.25, 0.3) is 11.8 Å². The van der Waals surface area contributed by atoms with Gasteiger partial charge in [-0.2, -0.15) is 0 Å². The maximum absolute atomic E-state index is 13.9. The molecule has 0 saturated carbocycles. The second-order valence-corrected chi connectivity index (χ2v) is 7.02. The van der Waals surface area contributed by atoms with E-state index in [2.05, 4.69) is 10.3 Å². The lowest BCUT2D eigenvalue weighted by atomic mass is 10.2. The lowest BCUT2D eigenvalue weighted by molar-refractivity contribution is 0.0758. The molecule has 3 heterocycles. The van der Waals surface area contributed by atoms with Crippen LogP contribution >= 0.6 is 0 Å². The van der Waals surface area contributed by atoms with E-state index in [1.165, 1.54) is 4.40 Å². The Bertz CT molecular complexity index is 1070. The molecule has 0 spiro atoms. The first-order valence-electron chi connectivity index (χ1n) is 9.57. The van der Waals surface area contributed by atoms with Gasteiger partial charge in [-0.15, -0.1) is 0 Å². The van der Waals surface area contributed by atoms with Gasteiger partial charge < -0.3 is 10.2 Å². The van der Waals surface area contributed by atoms with Crippen LogP contribution in [-0.4, -0.2) is 39.2 Å².